The lowest BCUT2D eigenvalue weighted by Gasteiger charge is -2.28. The van der Waals surface area contributed by atoms with Crippen LogP contribution in [0, 0.1) is 17.8 Å². The SMILES string of the molecule is CCCCCCCCCCCCCCCCCCC(CCCCCCCCCCCCCCCC)C(CCCCCCCCCCCCCCCC)CCCCCCCCCCCCCC(C)C. The molecule has 0 aliphatic heterocycles. The van der Waals surface area contributed by atoms with Crippen molar-refractivity contribution in [1.29, 1.82) is 0 Å². The van der Waals surface area contributed by atoms with Gasteiger partial charge in [0, 0.05) is 0 Å². The van der Waals surface area contributed by atoms with E-state index in [4.69, 9.17) is 0 Å². The Morgan fingerprint density at radius 3 is 0.397 bits per heavy atom. The van der Waals surface area contributed by atoms with Crippen LogP contribution >= 0.6 is 0 Å². The van der Waals surface area contributed by atoms with Crippen molar-refractivity contribution in [2.75, 3.05) is 0 Å². The zero-order valence-electron chi connectivity index (χ0n) is 49.2. The summed E-state index contributed by atoms with van der Waals surface area (Å²) in [6, 6.07) is 0. The Hall–Kier alpha value is 0. The summed E-state index contributed by atoms with van der Waals surface area (Å²) in [5.41, 5.74) is 0. The molecule has 0 aliphatic carbocycles. The standard InChI is InChI=1S/C68H138/c1-6-9-12-15-18-21-24-27-30-31-34-39-44-49-54-59-64-67(62-57-52-47-42-37-32-28-25-22-19-16-13-10-7-2)68(63-58-53-48-43-38-33-29-26-23-20-17-14-11-8-3)65-60-55-50-45-40-35-36-41-46-51-56-61-66(4)5/h66-68H,6-65H2,1-5H3. The molecule has 0 fully saturated rings. The minimum atomic E-state index is 0.887. The summed E-state index contributed by atoms with van der Waals surface area (Å²) in [4.78, 5) is 0. The van der Waals surface area contributed by atoms with Crippen molar-refractivity contribution in [3.63, 3.8) is 0 Å². The van der Waals surface area contributed by atoms with Gasteiger partial charge in [-0.05, 0) is 17.8 Å². The lowest BCUT2D eigenvalue weighted by molar-refractivity contribution is 0.236. The summed E-state index contributed by atoms with van der Waals surface area (Å²) in [7, 11) is 0. The largest absolute Gasteiger partial charge is 0.0654 e. The van der Waals surface area contributed by atoms with Crippen LogP contribution in [-0.2, 0) is 0 Å². The Balaban J connectivity index is 4.90. The topological polar surface area (TPSA) is 0 Å². The van der Waals surface area contributed by atoms with Gasteiger partial charge in [0.1, 0.15) is 0 Å². The van der Waals surface area contributed by atoms with E-state index in [0.717, 1.165) is 17.8 Å². The molecule has 0 aromatic rings. The molecule has 0 saturated heterocycles. The fourth-order valence-electron chi connectivity index (χ4n) is 11.9. The summed E-state index contributed by atoms with van der Waals surface area (Å²) in [5, 5.41) is 0. The van der Waals surface area contributed by atoms with Crippen LogP contribution in [0.15, 0.2) is 0 Å². The van der Waals surface area contributed by atoms with Crippen molar-refractivity contribution >= 4 is 0 Å². The highest BCUT2D eigenvalue weighted by Crippen LogP contribution is 2.34. The van der Waals surface area contributed by atoms with Gasteiger partial charge in [-0.1, -0.05) is 420 Å². The van der Waals surface area contributed by atoms with Crippen LogP contribution in [0.2, 0.25) is 0 Å². The maximum Gasteiger partial charge on any atom is -0.0386 e. The van der Waals surface area contributed by atoms with Gasteiger partial charge in [-0.3, -0.25) is 0 Å². The van der Waals surface area contributed by atoms with Gasteiger partial charge in [0.25, 0.3) is 0 Å². The highest BCUT2D eigenvalue weighted by molar-refractivity contribution is 4.73. The van der Waals surface area contributed by atoms with E-state index >= 15 is 0 Å². The van der Waals surface area contributed by atoms with E-state index in [9.17, 15) is 0 Å². The van der Waals surface area contributed by atoms with Crippen LogP contribution in [0.1, 0.15) is 420 Å². The van der Waals surface area contributed by atoms with E-state index in [0.29, 0.717) is 0 Å². The molecule has 0 aromatic heterocycles. The average molecular weight is 956 g/mol. The Kier molecular flexibility index (Phi) is 61.3. The van der Waals surface area contributed by atoms with Crippen LogP contribution in [0.4, 0.5) is 0 Å². The molecule has 0 radical (unpaired) electrons. The average Bonchev–Trinajstić information content (AvgIpc) is 3.34. The summed E-state index contributed by atoms with van der Waals surface area (Å²) in [6.45, 7) is 11.8. The number of rotatable bonds is 62. The van der Waals surface area contributed by atoms with Gasteiger partial charge in [0.15, 0.2) is 0 Å². The Labute approximate surface area is 435 Å². The van der Waals surface area contributed by atoms with Crippen molar-refractivity contribution < 1.29 is 0 Å². The molecule has 0 bridgehead atoms. The van der Waals surface area contributed by atoms with E-state index in [1.165, 1.54) is 360 Å². The predicted molar refractivity (Wildman–Crippen MR) is 316 cm³/mol. The van der Waals surface area contributed by atoms with E-state index in [-0.39, 0.29) is 0 Å². The molecule has 0 amide bonds. The molecule has 0 saturated carbocycles. The van der Waals surface area contributed by atoms with Gasteiger partial charge in [0.05, 0.1) is 0 Å². The molecule has 0 spiro atoms. The monoisotopic (exact) mass is 955 g/mol. The number of hydrogen-bond donors (Lipinski definition) is 0. The second-order valence-corrected chi connectivity index (χ2v) is 24.2. The molecule has 0 heterocycles. The minimum Gasteiger partial charge on any atom is -0.0654 e. The molecule has 0 aromatic carbocycles. The summed E-state index contributed by atoms with van der Waals surface area (Å²) in [6.07, 6.45) is 89.3. The van der Waals surface area contributed by atoms with Crippen LogP contribution in [0.25, 0.3) is 0 Å². The van der Waals surface area contributed by atoms with Crippen molar-refractivity contribution in [2.45, 2.75) is 420 Å². The maximum absolute atomic E-state index is 2.38. The molecule has 410 valence electrons. The first-order chi connectivity index (χ1) is 33.7. The second kappa shape index (κ2) is 61.3. The molecule has 68 heavy (non-hydrogen) atoms. The first-order valence-electron chi connectivity index (χ1n) is 33.7. The van der Waals surface area contributed by atoms with Crippen LogP contribution in [-0.4, -0.2) is 0 Å². The number of unbranched alkanes of at least 4 members (excludes halogenated alkanes) is 51. The highest BCUT2D eigenvalue weighted by Gasteiger charge is 2.21. The minimum absolute atomic E-state index is 0.887. The predicted octanol–water partition coefficient (Wildman–Crippen LogP) is 26.3. The third-order valence-electron chi connectivity index (χ3n) is 16.8. The first-order valence-corrected chi connectivity index (χ1v) is 33.7. The van der Waals surface area contributed by atoms with Crippen LogP contribution in [0.3, 0.4) is 0 Å². The zero-order chi connectivity index (χ0) is 49.2. The zero-order valence-corrected chi connectivity index (χ0v) is 49.2. The number of hydrogen-bond acceptors (Lipinski definition) is 0. The summed E-state index contributed by atoms with van der Waals surface area (Å²) < 4.78 is 0. The molecule has 0 heteroatoms. The maximum atomic E-state index is 2.38. The van der Waals surface area contributed by atoms with Gasteiger partial charge in [0.2, 0.25) is 0 Å². The molecular weight excluding hydrogens is 817 g/mol. The van der Waals surface area contributed by atoms with Crippen LogP contribution in [0.5, 0.6) is 0 Å². The first kappa shape index (κ1) is 68.0. The summed E-state index contributed by atoms with van der Waals surface area (Å²) >= 11 is 0. The Morgan fingerprint density at radius 1 is 0.147 bits per heavy atom. The smallest absolute Gasteiger partial charge is 0.0386 e. The van der Waals surface area contributed by atoms with Gasteiger partial charge in [-0.15, -0.1) is 0 Å². The fraction of sp³-hybridized carbons (Fsp3) is 1.00. The third kappa shape index (κ3) is 56.9. The molecule has 0 rings (SSSR count). The van der Waals surface area contributed by atoms with Crippen molar-refractivity contribution in [3.05, 3.63) is 0 Å². The van der Waals surface area contributed by atoms with Crippen molar-refractivity contribution in [2.24, 2.45) is 17.8 Å². The van der Waals surface area contributed by atoms with Gasteiger partial charge in [-0.2, -0.15) is 0 Å². The third-order valence-corrected chi connectivity index (χ3v) is 16.8. The lowest BCUT2D eigenvalue weighted by atomic mass is 9.78. The summed E-state index contributed by atoms with van der Waals surface area (Å²) in [5.74, 6) is 2.92. The Bertz CT molecular complexity index is 841. The molecule has 0 nitrogen and oxygen atoms in total. The van der Waals surface area contributed by atoms with Gasteiger partial charge >= 0.3 is 0 Å². The Morgan fingerprint density at radius 2 is 0.265 bits per heavy atom. The molecule has 2 atom stereocenters. The fourth-order valence-corrected chi connectivity index (χ4v) is 11.9. The second-order valence-electron chi connectivity index (χ2n) is 24.2. The van der Waals surface area contributed by atoms with Gasteiger partial charge < -0.3 is 0 Å². The van der Waals surface area contributed by atoms with E-state index in [1.54, 1.807) is 25.7 Å². The van der Waals surface area contributed by atoms with Crippen LogP contribution < -0.4 is 0 Å². The molecule has 0 N–H and O–H groups in total. The van der Waals surface area contributed by atoms with Gasteiger partial charge in [-0.25, -0.2) is 0 Å². The molecule has 2 unspecified atom stereocenters. The van der Waals surface area contributed by atoms with Crippen molar-refractivity contribution in [1.82, 2.24) is 0 Å². The van der Waals surface area contributed by atoms with Crippen molar-refractivity contribution in [3.8, 4) is 0 Å². The van der Waals surface area contributed by atoms with E-state index in [2.05, 4.69) is 34.6 Å². The highest BCUT2D eigenvalue weighted by atomic mass is 14.3. The normalized spacial score (nSPS) is 12.8. The van der Waals surface area contributed by atoms with E-state index < -0.39 is 0 Å². The molecule has 0 aliphatic rings. The lowest BCUT2D eigenvalue weighted by Crippen LogP contribution is -2.16. The van der Waals surface area contributed by atoms with E-state index in [1.807, 2.05) is 0 Å². The quantitative estimate of drug-likeness (QED) is 0.0533. The molecular formula is C68H138.